The summed E-state index contributed by atoms with van der Waals surface area (Å²) in [5.41, 5.74) is 1.44. The third-order valence-electron chi connectivity index (χ3n) is 4.58. The van der Waals surface area contributed by atoms with Crippen molar-refractivity contribution in [1.29, 1.82) is 0 Å². The maximum Gasteiger partial charge on any atom is 0.0320 e. The second kappa shape index (κ2) is 5.85. The van der Waals surface area contributed by atoms with Crippen LogP contribution >= 0.6 is 0 Å². The van der Waals surface area contributed by atoms with E-state index in [1.54, 1.807) is 0 Å². The molecule has 0 aliphatic carbocycles. The van der Waals surface area contributed by atoms with Crippen LogP contribution in [0.1, 0.15) is 31.9 Å². The van der Waals surface area contributed by atoms with Crippen molar-refractivity contribution >= 4 is 0 Å². The van der Waals surface area contributed by atoms with E-state index >= 15 is 0 Å². The van der Waals surface area contributed by atoms with E-state index in [-0.39, 0.29) is 0 Å². The molecule has 1 aromatic carbocycles. The Kier molecular flexibility index (Phi) is 4.41. The third-order valence-corrected chi connectivity index (χ3v) is 4.58. The first kappa shape index (κ1) is 13.6. The van der Waals surface area contributed by atoms with Crippen LogP contribution in [-0.4, -0.2) is 43.0 Å². The van der Waals surface area contributed by atoms with Gasteiger partial charge in [-0.25, -0.2) is 0 Å². The fraction of sp³-hybridized carbons (Fsp3) is 0.625. The first-order valence-corrected chi connectivity index (χ1v) is 7.05. The number of rotatable bonds is 4. The van der Waals surface area contributed by atoms with Gasteiger partial charge in [0.1, 0.15) is 0 Å². The molecule has 0 saturated carbocycles. The van der Waals surface area contributed by atoms with E-state index in [2.05, 4.69) is 68.1 Å². The van der Waals surface area contributed by atoms with Gasteiger partial charge in [0.25, 0.3) is 0 Å². The molecule has 1 aliphatic rings. The van der Waals surface area contributed by atoms with Crippen LogP contribution in [0.5, 0.6) is 0 Å². The second-order valence-corrected chi connectivity index (χ2v) is 5.83. The van der Waals surface area contributed by atoms with E-state index in [0.29, 0.717) is 12.1 Å². The highest BCUT2D eigenvalue weighted by molar-refractivity contribution is 5.18. The number of hydrogen-bond acceptors (Lipinski definition) is 2. The number of likely N-dealkylation sites (tertiary alicyclic amines) is 1. The Morgan fingerprint density at radius 1 is 1.17 bits per heavy atom. The van der Waals surface area contributed by atoms with Crippen molar-refractivity contribution in [2.24, 2.45) is 5.92 Å². The van der Waals surface area contributed by atoms with Gasteiger partial charge in [-0.05, 0) is 52.4 Å². The molecule has 0 spiro atoms. The van der Waals surface area contributed by atoms with Crippen LogP contribution in [0.15, 0.2) is 30.3 Å². The zero-order valence-electron chi connectivity index (χ0n) is 12.1. The monoisotopic (exact) mass is 246 g/mol. The van der Waals surface area contributed by atoms with Crippen molar-refractivity contribution in [3.8, 4) is 0 Å². The summed E-state index contributed by atoms with van der Waals surface area (Å²) in [5.74, 6) is 0.811. The Morgan fingerprint density at radius 3 is 2.44 bits per heavy atom. The molecule has 3 atom stereocenters. The van der Waals surface area contributed by atoms with Gasteiger partial charge < -0.3 is 4.90 Å². The molecule has 1 aromatic rings. The summed E-state index contributed by atoms with van der Waals surface area (Å²) in [6, 6.07) is 12.1. The van der Waals surface area contributed by atoms with Gasteiger partial charge in [0.15, 0.2) is 0 Å². The van der Waals surface area contributed by atoms with E-state index in [9.17, 15) is 0 Å². The first-order chi connectivity index (χ1) is 8.59. The quantitative estimate of drug-likeness (QED) is 0.806. The van der Waals surface area contributed by atoms with Gasteiger partial charge in [-0.3, -0.25) is 4.90 Å². The topological polar surface area (TPSA) is 6.48 Å². The summed E-state index contributed by atoms with van der Waals surface area (Å²) in [4.78, 5) is 4.97. The Morgan fingerprint density at radius 2 is 1.83 bits per heavy atom. The lowest BCUT2D eigenvalue weighted by atomic mass is 10.00. The lowest BCUT2D eigenvalue weighted by Gasteiger charge is -2.28. The standard InChI is InChI=1S/C16H26N2/c1-13(17(3)4)16-10-11-18(12-16)14(2)15-8-6-5-7-9-15/h5-9,13-14,16H,10-12H2,1-4H3/t13-,14-,16+/m1/s1. The van der Waals surface area contributed by atoms with Crippen LogP contribution < -0.4 is 0 Å². The smallest absolute Gasteiger partial charge is 0.0320 e. The van der Waals surface area contributed by atoms with E-state index in [1.807, 2.05) is 0 Å². The normalized spacial score (nSPS) is 24.4. The summed E-state index contributed by atoms with van der Waals surface area (Å²) in [6.07, 6.45) is 1.33. The maximum absolute atomic E-state index is 2.62. The molecule has 0 amide bonds. The summed E-state index contributed by atoms with van der Waals surface area (Å²) in [7, 11) is 4.38. The zero-order valence-corrected chi connectivity index (χ0v) is 12.1. The average molecular weight is 246 g/mol. The molecule has 1 aliphatic heterocycles. The van der Waals surface area contributed by atoms with Crippen LogP contribution in [-0.2, 0) is 0 Å². The SMILES string of the molecule is C[C@H]([C@H]1CCN([C@H](C)c2ccccc2)C1)N(C)C. The van der Waals surface area contributed by atoms with E-state index in [1.165, 1.54) is 25.1 Å². The minimum atomic E-state index is 0.547. The number of nitrogens with zero attached hydrogens (tertiary/aromatic N) is 2. The van der Waals surface area contributed by atoms with Crippen LogP contribution in [0.25, 0.3) is 0 Å². The Balaban J connectivity index is 1.97. The van der Waals surface area contributed by atoms with Crippen molar-refractivity contribution in [3.63, 3.8) is 0 Å². The number of hydrogen-bond donors (Lipinski definition) is 0. The zero-order chi connectivity index (χ0) is 13.1. The van der Waals surface area contributed by atoms with Crippen molar-refractivity contribution in [2.45, 2.75) is 32.4 Å². The summed E-state index contributed by atoms with van der Waals surface area (Å²) in [5, 5.41) is 0. The minimum Gasteiger partial charge on any atom is -0.306 e. The van der Waals surface area contributed by atoms with Crippen LogP contribution in [0.2, 0.25) is 0 Å². The molecule has 0 bridgehead atoms. The van der Waals surface area contributed by atoms with Crippen molar-refractivity contribution in [1.82, 2.24) is 9.80 Å². The predicted molar refractivity (Wildman–Crippen MR) is 77.7 cm³/mol. The van der Waals surface area contributed by atoms with Gasteiger partial charge >= 0.3 is 0 Å². The Bertz CT molecular complexity index is 361. The lowest BCUT2D eigenvalue weighted by molar-refractivity contribution is 0.202. The molecule has 0 unspecified atom stereocenters. The van der Waals surface area contributed by atoms with Crippen LogP contribution in [0.4, 0.5) is 0 Å². The van der Waals surface area contributed by atoms with E-state index in [0.717, 1.165) is 5.92 Å². The lowest BCUT2D eigenvalue weighted by Crippen LogP contribution is -2.34. The molecular formula is C16H26N2. The highest BCUT2D eigenvalue weighted by atomic mass is 15.2. The highest BCUT2D eigenvalue weighted by Gasteiger charge is 2.30. The van der Waals surface area contributed by atoms with Gasteiger partial charge in [0.05, 0.1) is 0 Å². The van der Waals surface area contributed by atoms with Crippen LogP contribution in [0.3, 0.4) is 0 Å². The van der Waals surface area contributed by atoms with E-state index in [4.69, 9.17) is 0 Å². The first-order valence-electron chi connectivity index (χ1n) is 7.05. The Labute approximate surface area is 112 Å². The second-order valence-electron chi connectivity index (χ2n) is 5.83. The highest BCUT2D eigenvalue weighted by Crippen LogP contribution is 2.29. The molecule has 1 fully saturated rings. The molecule has 2 heteroatoms. The predicted octanol–water partition coefficient (Wildman–Crippen LogP) is 3.02. The van der Waals surface area contributed by atoms with Gasteiger partial charge in [0.2, 0.25) is 0 Å². The minimum absolute atomic E-state index is 0.547. The molecule has 2 nitrogen and oxygen atoms in total. The molecule has 100 valence electrons. The van der Waals surface area contributed by atoms with Gasteiger partial charge in [-0.15, -0.1) is 0 Å². The largest absolute Gasteiger partial charge is 0.306 e. The van der Waals surface area contributed by atoms with Crippen LogP contribution in [0, 0.1) is 5.92 Å². The van der Waals surface area contributed by atoms with E-state index < -0.39 is 0 Å². The van der Waals surface area contributed by atoms with Crippen molar-refractivity contribution < 1.29 is 0 Å². The molecule has 0 aromatic heterocycles. The van der Waals surface area contributed by atoms with Crippen molar-refractivity contribution in [2.75, 3.05) is 27.2 Å². The molecule has 0 radical (unpaired) electrons. The fourth-order valence-corrected chi connectivity index (χ4v) is 2.92. The molecule has 18 heavy (non-hydrogen) atoms. The molecule has 1 heterocycles. The van der Waals surface area contributed by atoms with Gasteiger partial charge in [-0.1, -0.05) is 30.3 Å². The number of benzene rings is 1. The summed E-state index contributed by atoms with van der Waals surface area (Å²) >= 11 is 0. The summed E-state index contributed by atoms with van der Waals surface area (Å²) < 4.78 is 0. The average Bonchev–Trinajstić information content (AvgIpc) is 2.87. The molecule has 0 N–H and O–H groups in total. The maximum atomic E-state index is 2.62. The third kappa shape index (κ3) is 2.93. The van der Waals surface area contributed by atoms with Gasteiger partial charge in [-0.2, -0.15) is 0 Å². The molecule has 1 saturated heterocycles. The molecular weight excluding hydrogens is 220 g/mol. The molecule has 2 rings (SSSR count). The summed E-state index contributed by atoms with van der Waals surface area (Å²) in [6.45, 7) is 7.15. The Hall–Kier alpha value is -0.860. The van der Waals surface area contributed by atoms with Gasteiger partial charge in [0, 0.05) is 18.6 Å². The van der Waals surface area contributed by atoms with Crippen molar-refractivity contribution in [3.05, 3.63) is 35.9 Å². The fourth-order valence-electron chi connectivity index (χ4n) is 2.92.